The molecule has 0 aromatic carbocycles. The SMILES string of the molecule is CCC1CN(CCCCCl)CCN1C. The molecule has 1 unspecified atom stereocenters. The fourth-order valence-electron chi connectivity index (χ4n) is 2.08. The third-order valence-corrected chi connectivity index (χ3v) is 3.46. The number of hydrogen-bond acceptors (Lipinski definition) is 2. The molecule has 1 saturated heterocycles. The lowest BCUT2D eigenvalue weighted by Gasteiger charge is -2.39. The molecule has 1 rings (SSSR count). The molecular weight excluding hydrogens is 196 g/mol. The van der Waals surface area contributed by atoms with Crippen LogP contribution in [0.2, 0.25) is 0 Å². The van der Waals surface area contributed by atoms with Gasteiger partial charge in [0.2, 0.25) is 0 Å². The lowest BCUT2D eigenvalue weighted by Crippen LogP contribution is -2.51. The van der Waals surface area contributed by atoms with Crippen molar-refractivity contribution in [3.05, 3.63) is 0 Å². The van der Waals surface area contributed by atoms with Crippen LogP contribution < -0.4 is 0 Å². The Balaban J connectivity index is 2.21. The Morgan fingerprint density at radius 3 is 2.71 bits per heavy atom. The van der Waals surface area contributed by atoms with Crippen molar-refractivity contribution < 1.29 is 0 Å². The maximum Gasteiger partial charge on any atom is 0.0223 e. The summed E-state index contributed by atoms with van der Waals surface area (Å²) in [4.78, 5) is 5.07. The highest BCUT2D eigenvalue weighted by atomic mass is 35.5. The van der Waals surface area contributed by atoms with Crippen LogP contribution in [0.4, 0.5) is 0 Å². The van der Waals surface area contributed by atoms with Gasteiger partial charge in [0.15, 0.2) is 0 Å². The Hall–Kier alpha value is 0.210. The number of nitrogens with zero attached hydrogens (tertiary/aromatic N) is 2. The predicted octanol–water partition coefficient (Wildman–Crippen LogP) is 2.03. The van der Waals surface area contributed by atoms with Crippen LogP contribution in [0.15, 0.2) is 0 Å². The molecule has 0 amide bonds. The zero-order valence-corrected chi connectivity index (χ0v) is 10.3. The largest absolute Gasteiger partial charge is 0.301 e. The van der Waals surface area contributed by atoms with Gasteiger partial charge < -0.3 is 9.80 Å². The first-order valence-electron chi connectivity index (χ1n) is 5.76. The van der Waals surface area contributed by atoms with E-state index in [2.05, 4.69) is 23.8 Å². The number of rotatable bonds is 5. The summed E-state index contributed by atoms with van der Waals surface area (Å²) >= 11 is 5.67. The first-order valence-corrected chi connectivity index (χ1v) is 6.30. The zero-order valence-electron chi connectivity index (χ0n) is 9.51. The highest BCUT2D eigenvalue weighted by Crippen LogP contribution is 2.11. The summed E-state index contributed by atoms with van der Waals surface area (Å²) in [5, 5.41) is 0. The van der Waals surface area contributed by atoms with Gasteiger partial charge in [0.05, 0.1) is 0 Å². The van der Waals surface area contributed by atoms with Gasteiger partial charge in [-0.3, -0.25) is 0 Å². The molecule has 1 atom stereocenters. The van der Waals surface area contributed by atoms with Crippen LogP contribution in [-0.4, -0.2) is 54.9 Å². The van der Waals surface area contributed by atoms with E-state index in [1.165, 1.54) is 39.0 Å². The van der Waals surface area contributed by atoms with Crippen LogP contribution in [0.3, 0.4) is 0 Å². The summed E-state index contributed by atoms with van der Waals surface area (Å²) < 4.78 is 0. The van der Waals surface area contributed by atoms with Crippen LogP contribution in [0, 0.1) is 0 Å². The summed E-state index contributed by atoms with van der Waals surface area (Å²) in [5.41, 5.74) is 0. The molecule has 0 aromatic heterocycles. The average molecular weight is 219 g/mol. The second kappa shape index (κ2) is 6.65. The Labute approximate surface area is 93.2 Å². The van der Waals surface area contributed by atoms with E-state index < -0.39 is 0 Å². The van der Waals surface area contributed by atoms with E-state index in [9.17, 15) is 0 Å². The third-order valence-electron chi connectivity index (χ3n) is 3.19. The normalized spacial score (nSPS) is 25.5. The topological polar surface area (TPSA) is 6.48 Å². The monoisotopic (exact) mass is 218 g/mol. The molecule has 0 spiro atoms. The number of hydrogen-bond donors (Lipinski definition) is 0. The molecule has 0 aromatic rings. The second-order valence-corrected chi connectivity index (χ2v) is 4.62. The molecule has 0 bridgehead atoms. The number of alkyl halides is 1. The maximum absolute atomic E-state index is 5.67. The Morgan fingerprint density at radius 2 is 2.07 bits per heavy atom. The van der Waals surface area contributed by atoms with Gasteiger partial charge in [-0.25, -0.2) is 0 Å². The molecule has 0 radical (unpaired) electrons. The first kappa shape index (κ1) is 12.3. The quantitative estimate of drug-likeness (QED) is 0.515. The minimum absolute atomic E-state index is 0.764. The molecule has 0 N–H and O–H groups in total. The molecule has 84 valence electrons. The first-order chi connectivity index (χ1) is 6.77. The fraction of sp³-hybridized carbons (Fsp3) is 1.00. The van der Waals surface area contributed by atoms with Crippen LogP contribution in [0.1, 0.15) is 26.2 Å². The molecule has 1 fully saturated rings. The Morgan fingerprint density at radius 1 is 1.29 bits per heavy atom. The highest BCUT2D eigenvalue weighted by molar-refractivity contribution is 6.17. The zero-order chi connectivity index (χ0) is 10.4. The molecule has 1 aliphatic heterocycles. The molecule has 2 nitrogen and oxygen atoms in total. The molecule has 3 heteroatoms. The van der Waals surface area contributed by atoms with Crippen LogP contribution in [0.25, 0.3) is 0 Å². The third kappa shape index (κ3) is 3.76. The number of piperazine rings is 1. The summed E-state index contributed by atoms with van der Waals surface area (Å²) in [6, 6.07) is 0.764. The van der Waals surface area contributed by atoms with Gasteiger partial charge in [0, 0.05) is 31.6 Å². The van der Waals surface area contributed by atoms with E-state index in [1.807, 2.05) is 0 Å². The Bertz CT molecular complexity index is 152. The van der Waals surface area contributed by atoms with Crippen molar-refractivity contribution in [3.8, 4) is 0 Å². The average Bonchev–Trinajstić information content (AvgIpc) is 2.21. The van der Waals surface area contributed by atoms with Crippen LogP contribution >= 0.6 is 11.6 Å². The van der Waals surface area contributed by atoms with Gasteiger partial charge >= 0.3 is 0 Å². The number of unbranched alkanes of at least 4 members (excludes halogenated alkanes) is 1. The van der Waals surface area contributed by atoms with Crippen molar-refractivity contribution in [2.24, 2.45) is 0 Å². The van der Waals surface area contributed by atoms with Gasteiger partial charge in [0.25, 0.3) is 0 Å². The van der Waals surface area contributed by atoms with Crippen molar-refractivity contribution in [2.75, 3.05) is 39.1 Å². The van der Waals surface area contributed by atoms with E-state index in [4.69, 9.17) is 11.6 Å². The van der Waals surface area contributed by atoms with Crippen molar-refractivity contribution >= 4 is 11.6 Å². The Kier molecular flexibility index (Phi) is 5.83. The molecule has 0 aliphatic carbocycles. The van der Waals surface area contributed by atoms with Gasteiger partial charge in [0.1, 0.15) is 0 Å². The van der Waals surface area contributed by atoms with Gasteiger partial charge in [-0.2, -0.15) is 0 Å². The fourth-order valence-corrected chi connectivity index (χ4v) is 2.27. The lowest BCUT2D eigenvalue weighted by molar-refractivity contribution is 0.0924. The summed E-state index contributed by atoms with van der Waals surface area (Å²) in [6.45, 7) is 7.21. The smallest absolute Gasteiger partial charge is 0.0223 e. The summed E-state index contributed by atoms with van der Waals surface area (Å²) in [5.74, 6) is 0.810. The minimum Gasteiger partial charge on any atom is -0.301 e. The summed E-state index contributed by atoms with van der Waals surface area (Å²) in [6.07, 6.45) is 3.68. The van der Waals surface area contributed by atoms with E-state index in [-0.39, 0.29) is 0 Å². The maximum atomic E-state index is 5.67. The summed E-state index contributed by atoms with van der Waals surface area (Å²) in [7, 11) is 2.24. The molecule has 14 heavy (non-hydrogen) atoms. The number of likely N-dealkylation sites (N-methyl/N-ethyl adjacent to an activating group) is 1. The van der Waals surface area contributed by atoms with E-state index in [1.54, 1.807) is 0 Å². The van der Waals surface area contributed by atoms with Crippen molar-refractivity contribution in [2.45, 2.75) is 32.2 Å². The molecule has 0 saturated carbocycles. The number of halogens is 1. The van der Waals surface area contributed by atoms with E-state index in [0.717, 1.165) is 18.3 Å². The van der Waals surface area contributed by atoms with E-state index >= 15 is 0 Å². The molecule has 1 heterocycles. The standard InChI is InChI=1S/C11H23ClN2/c1-3-11-10-14(7-5-4-6-12)9-8-13(11)2/h11H,3-10H2,1-2H3. The van der Waals surface area contributed by atoms with Gasteiger partial charge in [-0.15, -0.1) is 11.6 Å². The predicted molar refractivity (Wildman–Crippen MR) is 63.1 cm³/mol. The van der Waals surface area contributed by atoms with Crippen molar-refractivity contribution in [1.82, 2.24) is 9.80 Å². The molecular formula is C11H23ClN2. The lowest BCUT2D eigenvalue weighted by atomic mass is 10.1. The van der Waals surface area contributed by atoms with Crippen molar-refractivity contribution in [3.63, 3.8) is 0 Å². The molecule has 1 aliphatic rings. The van der Waals surface area contributed by atoms with Gasteiger partial charge in [-0.1, -0.05) is 6.92 Å². The minimum atomic E-state index is 0.764. The second-order valence-electron chi connectivity index (χ2n) is 4.24. The van der Waals surface area contributed by atoms with E-state index in [0.29, 0.717) is 0 Å². The van der Waals surface area contributed by atoms with Gasteiger partial charge in [-0.05, 0) is 32.9 Å². The van der Waals surface area contributed by atoms with Crippen LogP contribution in [0.5, 0.6) is 0 Å². The van der Waals surface area contributed by atoms with Crippen molar-refractivity contribution in [1.29, 1.82) is 0 Å². The highest BCUT2D eigenvalue weighted by Gasteiger charge is 2.21. The van der Waals surface area contributed by atoms with Crippen LogP contribution in [-0.2, 0) is 0 Å².